The minimum absolute atomic E-state index is 0.150. The molecule has 206 valence electrons. The normalized spacial score (nSPS) is 22.5. The summed E-state index contributed by atoms with van der Waals surface area (Å²) in [6.45, 7) is 1.96. The fourth-order valence-electron chi connectivity index (χ4n) is 5.09. The van der Waals surface area contributed by atoms with E-state index in [-0.39, 0.29) is 40.9 Å². The predicted octanol–water partition coefficient (Wildman–Crippen LogP) is 5.64. The van der Waals surface area contributed by atoms with Crippen LogP contribution in [0.5, 0.6) is 0 Å². The molecule has 11 heteroatoms. The fraction of sp³-hybridized carbons (Fsp3) is 0.357. The van der Waals surface area contributed by atoms with Crippen molar-refractivity contribution >= 4 is 40.9 Å². The Morgan fingerprint density at radius 1 is 1.26 bits per heavy atom. The first-order chi connectivity index (χ1) is 18.7. The van der Waals surface area contributed by atoms with Crippen LogP contribution in [0.25, 0.3) is 11.3 Å². The van der Waals surface area contributed by atoms with E-state index < -0.39 is 29.8 Å². The number of pyridine rings is 1. The number of nitrogens with zero attached hydrogens (tertiary/aromatic N) is 2. The summed E-state index contributed by atoms with van der Waals surface area (Å²) in [5.41, 5.74) is 1.44. The molecular formula is C28H29ClF3N5O2. The summed E-state index contributed by atoms with van der Waals surface area (Å²) in [6.07, 6.45) is 2.74. The van der Waals surface area contributed by atoms with E-state index in [0.717, 1.165) is 18.3 Å². The maximum atomic E-state index is 14.9. The Balaban J connectivity index is 1.75. The third-order valence-electron chi connectivity index (χ3n) is 7.16. The lowest BCUT2D eigenvalue weighted by Gasteiger charge is -2.35. The standard InChI is InChI=1S/C28H29ClF3N5O2/c1-15-4-3-5-22(20-12-17(8-10-35-20)26(34-2)21(14-33)36-28(15)39)37-11-9-16(13-23(37)38)24-18(27(31)32)6-7-19(29)25(24)30/h6-8,10,12-15,22,27,33-34H,3-5,9,11H2,1-2H3,(H,36,39)/b26-21+,33-14?. The van der Waals surface area contributed by atoms with Gasteiger partial charge in [-0.2, -0.15) is 0 Å². The van der Waals surface area contributed by atoms with Crippen LogP contribution in [-0.2, 0) is 9.59 Å². The molecule has 2 amide bonds. The zero-order valence-corrected chi connectivity index (χ0v) is 22.3. The van der Waals surface area contributed by atoms with Crippen LogP contribution in [0.2, 0.25) is 5.02 Å². The molecule has 0 saturated carbocycles. The highest BCUT2D eigenvalue weighted by Gasteiger charge is 2.32. The van der Waals surface area contributed by atoms with Crippen LogP contribution >= 0.6 is 11.6 Å². The second-order valence-electron chi connectivity index (χ2n) is 9.57. The summed E-state index contributed by atoms with van der Waals surface area (Å²) in [5.74, 6) is -1.97. The predicted molar refractivity (Wildman–Crippen MR) is 144 cm³/mol. The van der Waals surface area contributed by atoms with E-state index in [2.05, 4.69) is 15.6 Å². The van der Waals surface area contributed by atoms with E-state index in [1.807, 2.05) is 0 Å². The van der Waals surface area contributed by atoms with Gasteiger partial charge in [0.1, 0.15) is 5.82 Å². The van der Waals surface area contributed by atoms with Crippen molar-refractivity contribution in [2.45, 2.75) is 45.1 Å². The summed E-state index contributed by atoms with van der Waals surface area (Å²) in [6, 6.07) is 5.24. The van der Waals surface area contributed by atoms with Crippen molar-refractivity contribution in [3.05, 3.63) is 75.5 Å². The molecule has 1 aromatic carbocycles. The van der Waals surface area contributed by atoms with Crippen LogP contribution in [0.15, 0.2) is 42.2 Å². The van der Waals surface area contributed by atoms with E-state index in [0.29, 0.717) is 41.9 Å². The number of hydrogen-bond acceptors (Lipinski definition) is 5. The largest absolute Gasteiger partial charge is 0.386 e. The van der Waals surface area contributed by atoms with Gasteiger partial charge in [0.25, 0.3) is 6.43 Å². The molecule has 3 heterocycles. The Bertz CT molecular complexity index is 1360. The molecule has 2 aliphatic heterocycles. The second-order valence-corrected chi connectivity index (χ2v) is 9.97. The van der Waals surface area contributed by atoms with Crippen molar-refractivity contribution in [2.75, 3.05) is 13.6 Å². The van der Waals surface area contributed by atoms with E-state index in [9.17, 15) is 22.8 Å². The van der Waals surface area contributed by atoms with Crippen LogP contribution in [-0.4, -0.2) is 41.5 Å². The van der Waals surface area contributed by atoms with Crippen molar-refractivity contribution in [2.24, 2.45) is 5.92 Å². The number of nitrogens with one attached hydrogen (secondary N) is 3. The summed E-state index contributed by atoms with van der Waals surface area (Å²) in [4.78, 5) is 32.3. The van der Waals surface area contributed by atoms with Crippen LogP contribution in [0.1, 0.15) is 67.5 Å². The molecule has 2 atom stereocenters. The van der Waals surface area contributed by atoms with Crippen LogP contribution in [0.4, 0.5) is 13.2 Å². The molecule has 2 aromatic rings. The lowest BCUT2D eigenvalue weighted by Crippen LogP contribution is -2.38. The van der Waals surface area contributed by atoms with E-state index in [1.165, 1.54) is 6.08 Å². The average molecular weight is 560 g/mol. The topological polar surface area (TPSA) is 98.2 Å². The minimum atomic E-state index is -2.93. The van der Waals surface area contributed by atoms with Gasteiger partial charge in [0.05, 0.1) is 28.2 Å². The third-order valence-corrected chi connectivity index (χ3v) is 7.45. The van der Waals surface area contributed by atoms with Gasteiger partial charge in [-0.1, -0.05) is 31.0 Å². The lowest BCUT2D eigenvalue weighted by molar-refractivity contribution is -0.129. The Morgan fingerprint density at radius 2 is 2.03 bits per heavy atom. The second kappa shape index (κ2) is 12.0. The minimum Gasteiger partial charge on any atom is -0.386 e. The first-order valence-electron chi connectivity index (χ1n) is 12.6. The molecular weight excluding hydrogens is 531 g/mol. The first kappa shape index (κ1) is 28.4. The maximum Gasteiger partial charge on any atom is 0.264 e. The molecule has 1 aromatic heterocycles. The van der Waals surface area contributed by atoms with Crippen molar-refractivity contribution in [3.63, 3.8) is 0 Å². The van der Waals surface area contributed by atoms with Gasteiger partial charge in [0, 0.05) is 54.7 Å². The molecule has 0 saturated heterocycles. The van der Waals surface area contributed by atoms with Gasteiger partial charge in [0.2, 0.25) is 11.8 Å². The van der Waals surface area contributed by atoms with Gasteiger partial charge in [-0.15, -0.1) is 0 Å². The lowest BCUT2D eigenvalue weighted by atomic mass is 9.91. The Morgan fingerprint density at radius 3 is 2.69 bits per heavy atom. The number of carbonyl (C=O) groups excluding carboxylic acids is 2. The number of fused-ring (bicyclic) bond motifs is 2. The molecule has 2 bridgehead atoms. The maximum absolute atomic E-state index is 14.9. The van der Waals surface area contributed by atoms with Gasteiger partial charge in [-0.3, -0.25) is 14.6 Å². The number of halogens is 4. The summed E-state index contributed by atoms with van der Waals surface area (Å²) < 4.78 is 42.2. The smallest absolute Gasteiger partial charge is 0.264 e. The number of amides is 2. The highest BCUT2D eigenvalue weighted by atomic mass is 35.5. The Kier molecular flexibility index (Phi) is 8.74. The van der Waals surface area contributed by atoms with Crippen LogP contribution in [0.3, 0.4) is 0 Å². The number of aromatic nitrogens is 1. The molecule has 2 aliphatic rings. The van der Waals surface area contributed by atoms with Gasteiger partial charge in [-0.05, 0) is 43.0 Å². The van der Waals surface area contributed by atoms with Crippen molar-refractivity contribution < 1.29 is 22.8 Å². The van der Waals surface area contributed by atoms with Gasteiger partial charge in [0.15, 0.2) is 0 Å². The van der Waals surface area contributed by atoms with E-state index in [4.69, 9.17) is 17.0 Å². The number of carbonyl (C=O) groups is 2. The molecule has 2 unspecified atom stereocenters. The van der Waals surface area contributed by atoms with Crippen molar-refractivity contribution in [3.8, 4) is 0 Å². The first-order valence-corrected chi connectivity index (χ1v) is 13.0. The van der Waals surface area contributed by atoms with E-state index in [1.54, 1.807) is 37.2 Å². The Labute approximate surface area is 229 Å². The zero-order valence-electron chi connectivity index (χ0n) is 21.5. The fourth-order valence-corrected chi connectivity index (χ4v) is 5.25. The van der Waals surface area contributed by atoms with E-state index >= 15 is 0 Å². The SMILES string of the molecule is CN/C1=C(\C=N)NC(=O)C(C)CCCC(N2CCC(c3c(C(F)F)ccc(Cl)c3F)=CC2=O)c2cc1ccn2. The molecule has 0 fully saturated rings. The van der Waals surface area contributed by atoms with Gasteiger partial charge < -0.3 is 20.9 Å². The Hall–Kier alpha value is -3.66. The monoisotopic (exact) mass is 559 g/mol. The highest BCUT2D eigenvalue weighted by molar-refractivity contribution is 6.31. The molecule has 0 aliphatic carbocycles. The number of benzene rings is 1. The summed E-state index contributed by atoms with van der Waals surface area (Å²) in [7, 11) is 1.68. The van der Waals surface area contributed by atoms with Crippen LogP contribution < -0.4 is 10.6 Å². The number of rotatable bonds is 5. The summed E-state index contributed by atoms with van der Waals surface area (Å²) in [5, 5.41) is 13.4. The van der Waals surface area contributed by atoms with Gasteiger partial charge >= 0.3 is 0 Å². The molecule has 0 spiro atoms. The van der Waals surface area contributed by atoms with Crippen molar-refractivity contribution in [1.82, 2.24) is 20.5 Å². The molecule has 4 rings (SSSR count). The number of allylic oxidation sites excluding steroid dienone is 1. The molecule has 0 radical (unpaired) electrons. The zero-order chi connectivity index (χ0) is 28.3. The quantitative estimate of drug-likeness (QED) is 0.413. The molecule has 7 nitrogen and oxygen atoms in total. The van der Waals surface area contributed by atoms with Crippen LogP contribution in [0, 0.1) is 17.1 Å². The molecule has 39 heavy (non-hydrogen) atoms. The molecule has 3 N–H and O–H groups in total. The number of alkyl halides is 2. The average Bonchev–Trinajstić information content (AvgIpc) is 2.92. The summed E-state index contributed by atoms with van der Waals surface area (Å²) >= 11 is 5.89. The van der Waals surface area contributed by atoms with Crippen molar-refractivity contribution in [1.29, 1.82) is 5.41 Å². The third kappa shape index (κ3) is 5.85. The van der Waals surface area contributed by atoms with Gasteiger partial charge in [-0.25, -0.2) is 13.2 Å². The highest BCUT2D eigenvalue weighted by Crippen LogP contribution is 2.38. The number of hydrogen-bond donors (Lipinski definition) is 3.